The molecule has 1 aromatic heterocycles. The van der Waals surface area contributed by atoms with Crippen molar-refractivity contribution < 1.29 is 13.9 Å². The Morgan fingerprint density at radius 1 is 1.11 bits per heavy atom. The largest absolute Gasteiger partial charge is 0.489 e. The van der Waals surface area contributed by atoms with Gasteiger partial charge in [0.1, 0.15) is 18.1 Å². The molecule has 3 aromatic rings. The molecule has 4 rings (SSSR count). The summed E-state index contributed by atoms with van der Waals surface area (Å²) in [7, 11) is 0. The molecule has 2 aromatic carbocycles. The Kier molecular flexibility index (Phi) is 4.27. The maximum atomic E-state index is 13.2. The normalized spacial score (nSPS) is 12.7. The van der Waals surface area contributed by atoms with Crippen molar-refractivity contribution in [2.24, 2.45) is 0 Å². The van der Waals surface area contributed by atoms with Crippen LogP contribution in [-0.2, 0) is 0 Å². The molecule has 0 bridgehead atoms. The van der Waals surface area contributed by atoms with Crippen LogP contribution in [0.1, 0.15) is 15.9 Å². The maximum absolute atomic E-state index is 13.2. The Labute approximate surface area is 155 Å². The van der Waals surface area contributed by atoms with Crippen molar-refractivity contribution in [1.29, 1.82) is 5.26 Å². The van der Waals surface area contributed by atoms with E-state index in [0.29, 0.717) is 35.7 Å². The Morgan fingerprint density at radius 2 is 1.85 bits per heavy atom. The van der Waals surface area contributed by atoms with Crippen LogP contribution in [0, 0.1) is 17.1 Å². The molecule has 5 nitrogen and oxygen atoms in total. The number of anilines is 1. The van der Waals surface area contributed by atoms with Crippen LogP contribution in [0.15, 0.2) is 60.9 Å². The standard InChI is InChI=1S/C21H14FN3O2/c22-17-7-5-16(6-8-17)21(26)25-9-10-27-20-18(12-24-13-19(20)25)15-3-1-14(11-23)2-4-15/h1-8,12-13H,9-10H2. The highest BCUT2D eigenvalue weighted by molar-refractivity contribution is 6.07. The van der Waals surface area contributed by atoms with Gasteiger partial charge in [0, 0.05) is 17.3 Å². The molecule has 0 aliphatic carbocycles. The second-order valence-electron chi connectivity index (χ2n) is 6.04. The first-order chi connectivity index (χ1) is 13.2. The average Bonchev–Trinajstić information content (AvgIpc) is 2.73. The average molecular weight is 359 g/mol. The van der Waals surface area contributed by atoms with E-state index in [9.17, 15) is 9.18 Å². The third-order valence-corrected chi connectivity index (χ3v) is 4.39. The minimum absolute atomic E-state index is 0.238. The van der Waals surface area contributed by atoms with Gasteiger partial charge in [-0.3, -0.25) is 9.78 Å². The lowest BCUT2D eigenvalue weighted by atomic mass is 10.0. The van der Waals surface area contributed by atoms with Gasteiger partial charge in [0.2, 0.25) is 0 Å². The minimum Gasteiger partial charge on any atom is -0.489 e. The van der Waals surface area contributed by atoms with Crippen LogP contribution < -0.4 is 9.64 Å². The number of amides is 1. The summed E-state index contributed by atoms with van der Waals surface area (Å²) in [6, 6.07) is 14.6. The zero-order valence-electron chi connectivity index (χ0n) is 14.2. The van der Waals surface area contributed by atoms with Crippen LogP contribution in [0.3, 0.4) is 0 Å². The summed E-state index contributed by atoms with van der Waals surface area (Å²) in [5.74, 6) is -0.0616. The highest BCUT2D eigenvalue weighted by atomic mass is 19.1. The number of carbonyl (C=O) groups is 1. The lowest BCUT2D eigenvalue weighted by Gasteiger charge is -2.30. The summed E-state index contributed by atoms with van der Waals surface area (Å²) in [6.07, 6.45) is 3.26. The summed E-state index contributed by atoms with van der Waals surface area (Å²) in [4.78, 5) is 18.7. The number of rotatable bonds is 2. The van der Waals surface area contributed by atoms with Gasteiger partial charge >= 0.3 is 0 Å². The Bertz CT molecular complexity index is 1040. The van der Waals surface area contributed by atoms with Crippen LogP contribution in [0.5, 0.6) is 5.75 Å². The first-order valence-electron chi connectivity index (χ1n) is 8.36. The first-order valence-corrected chi connectivity index (χ1v) is 8.36. The number of pyridine rings is 1. The van der Waals surface area contributed by atoms with E-state index < -0.39 is 5.82 Å². The van der Waals surface area contributed by atoms with Gasteiger partial charge in [0.15, 0.2) is 5.75 Å². The molecule has 1 aliphatic rings. The monoisotopic (exact) mass is 359 g/mol. The topological polar surface area (TPSA) is 66.2 Å². The molecule has 0 saturated heterocycles. The summed E-state index contributed by atoms with van der Waals surface area (Å²) in [5, 5.41) is 8.96. The van der Waals surface area contributed by atoms with Crippen LogP contribution in [0.25, 0.3) is 11.1 Å². The SMILES string of the molecule is N#Cc1ccc(-c2cncc3c2OCCN3C(=O)c2ccc(F)cc2)cc1. The molecule has 132 valence electrons. The van der Waals surface area contributed by atoms with Gasteiger partial charge in [-0.2, -0.15) is 5.26 Å². The molecule has 0 fully saturated rings. The van der Waals surface area contributed by atoms with Crippen molar-refractivity contribution >= 4 is 11.6 Å². The molecular weight excluding hydrogens is 345 g/mol. The van der Waals surface area contributed by atoms with E-state index in [1.807, 2.05) is 12.1 Å². The van der Waals surface area contributed by atoms with E-state index in [0.717, 1.165) is 11.1 Å². The third kappa shape index (κ3) is 3.11. The van der Waals surface area contributed by atoms with E-state index in [1.54, 1.807) is 29.4 Å². The fourth-order valence-electron chi connectivity index (χ4n) is 3.03. The van der Waals surface area contributed by atoms with Crippen molar-refractivity contribution in [3.63, 3.8) is 0 Å². The van der Waals surface area contributed by atoms with Crippen molar-refractivity contribution in [3.05, 3.63) is 77.9 Å². The number of hydrogen-bond acceptors (Lipinski definition) is 4. The zero-order chi connectivity index (χ0) is 18.8. The van der Waals surface area contributed by atoms with Crippen molar-refractivity contribution in [1.82, 2.24) is 4.98 Å². The summed E-state index contributed by atoms with van der Waals surface area (Å²) in [6.45, 7) is 0.717. The molecule has 0 radical (unpaired) electrons. The highest BCUT2D eigenvalue weighted by Gasteiger charge is 2.27. The number of ether oxygens (including phenoxy) is 1. The van der Waals surface area contributed by atoms with Crippen molar-refractivity contribution in [2.45, 2.75) is 0 Å². The molecule has 27 heavy (non-hydrogen) atoms. The molecule has 1 aliphatic heterocycles. The van der Waals surface area contributed by atoms with Crippen LogP contribution in [-0.4, -0.2) is 24.0 Å². The van der Waals surface area contributed by atoms with Gasteiger partial charge in [-0.15, -0.1) is 0 Å². The molecular formula is C21H14FN3O2. The minimum atomic E-state index is -0.390. The van der Waals surface area contributed by atoms with Crippen LogP contribution in [0.4, 0.5) is 10.1 Å². The number of hydrogen-bond donors (Lipinski definition) is 0. The highest BCUT2D eigenvalue weighted by Crippen LogP contribution is 2.40. The van der Waals surface area contributed by atoms with Gasteiger partial charge in [0.05, 0.1) is 24.4 Å². The number of nitrogens with zero attached hydrogens (tertiary/aromatic N) is 3. The first kappa shape index (κ1) is 16.7. The van der Waals surface area contributed by atoms with Gasteiger partial charge in [0.25, 0.3) is 5.91 Å². The third-order valence-electron chi connectivity index (χ3n) is 4.39. The smallest absolute Gasteiger partial charge is 0.258 e. The summed E-state index contributed by atoms with van der Waals surface area (Å²) in [5.41, 5.74) is 3.11. The van der Waals surface area contributed by atoms with Crippen molar-refractivity contribution in [2.75, 3.05) is 18.1 Å². The molecule has 0 saturated carbocycles. The number of aromatic nitrogens is 1. The van der Waals surface area contributed by atoms with E-state index >= 15 is 0 Å². The lowest BCUT2D eigenvalue weighted by molar-refractivity contribution is 0.0976. The molecule has 6 heteroatoms. The van der Waals surface area contributed by atoms with Gasteiger partial charge in [-0.05, 0) is 42.0 Å². The van der Waals surface area contributed by atoms with E-state index in [-0.39, 0.29) is 5.91 Å². The van der Waals surface area contributed by atoms with E-state index in [2.05, 4.69) is 11.1 Å². The predicted octanol–water partition coefficient (Wildman–Crippen LogP) is 3.80. The fourth-order valence-corrected chi connectivity index (χ4v) is 3.03. The quantitative estimate of drug-likeness (QED) is 0.698. The van der Waals surface area contributed by atoms with Gasteiger partial charge < -0.3 is 9.64 Å². The van der Waals surface area contributed by atoms with Gasteiger partial charge in [-0.25, -0.2) is 4.39 Å². The maximum Gasteiger partial charge on any atom is 0.258 e. The lowest BCUT2D eigenvalue weighted by Crippen LogP contribution is -2.38. The number of carbonyl (C=O) groups excluding carboxylic acids is 1. The van der Waals surface area contributed by atoms with Crippen LogP contribution >= 0.6 is 0 Å². The van der Waals surface area contributed by atoms with Gasteiger partial charge in [-0.1, -0.05) is 12.1 Å². The van der Waals surface area contributed by atoms with E-state index in [1.165, 1.54) is 24.3 Å². The fraction of sp³-hybridized carbons (Fsp3) is 0.0952. The number of fused-ring (bicyclic) bond motifs is 1. The summed E-state index contributed by atoms with van der Waals surface area (Å²) >= 11 is 0. The molecule has 2 heterocycles. The zero-order valence-corrected chi connectivity index (χ0v) is 14.2. The van der Waals surface area contributed by atoms with Crippen LogP contribution in [0.2, 0.25) is 0 Å². The molecule has 1 amide bonds. The number of halogens is 1. The predicted molar refractivity (Wildman–Crippen MR) is 98.0 cm³/mol. The molecule has 0 N–H and O–H groups in total. The molecule has 0 spiro atoms. The second-order valence-corrected chi connectivity index (χ2v) is 6.04. The Hall–Kier alpha value is -3.72. The van der Waals surface area contributed by atoms with E-state index in [4.69, 9.17) is 10.00 Å². The Morgan fingerprint density at radius 3 is 2.56 bits per heavy atom. The second kappa shape index (κ2) is 6.89. The summed E-state index contributed by atoms with van der Waals surface area (Å²) < 4.78 is 19.0. The number of benzene rings is 2. The van der Waals surface area contributed by atoms with Crippen molar-refractivity contribution in [3.8, 4) is 22.9 Å². The molecule has 0 unspecified atom stereocenters. The molecule has 0 atom stereocenters. The number of nitriles is 1. The Balaban J connectivity index is 1.74.